The first-order valence-corrected chi connectivity index (χ1v) is 11.5. The summed E-state index contributed by atoms with van der Waals surface area (Å²) in [7, 11) is 0. The van der Waals surface area contributed by atoms with Crippen LogP contribution in [-0.4, -0.2) is 45.7 Å². The first-order valence-electron chi connectivity index (χ1n) is 11.5. The van der Waals surface area contributed by atoms with Crippen molar-refractivity contribution in [2.24, 2.45) is 5.92 Å². The zero-order valence-corrected chi connectivity index (χ0v) is 18.7. The Bertz CT molecular complexity index is 1180. The average molecular weight is 448 g/mol. The van der Waals surface area contributed by atoms with Gasteiger partial charge in [-0.25, -0.2) is 10.5 Å². The second-order valence-electron chi connectivity index (χ2n) is 9.42. The van der Waals surface area contributed by atoms with Crippen molar-refractivity contribution in [2.75, 3.05) is 13.1 Å². The van der Waals surface area contributed by atoms with Crippen molar-refractivity contribution in [3.05, 3.63) is 65.5 Å². The zero-order chi connectivity index (χ0) is 23.0. The minimum Gasteiger partial charge on any atom is -0.348 e. The number of carbonyl (C=O) groups excluding carboxylic acids is 2. The van der Waals surface area contributed by atoms with E-state index >= 15 is 0 Å². The van der Waals surface area contributed by atoms with Crippen molar-refractivity contribution in [2.45, 2.75) is 44.2 Å². The molecule has 1 saturated heterocycles. The molecule has 2 fully saturated rings. The zero-order valence-electron chi connectivity index (χ0n) is 18.7. The molecule has 1 aliphatic carbocycles. The fraction of sp³-hybridized carbons (Fsp3) is 0.400. The van der Waals surface area contributed by atoms with Crippen LogP contribution in [-0.2, 0) is 16.8 Å². The third-order valence-electron chi connectivity index (χ3n) is 7.00. The van der Waals surface area contributed by atoms with Crippen molar-refractivity contribution in [3.63, 3.8) is 0 Å². The van der Waals surface area contributed by atoms with Gasteiger partial charge in [-0.1, -0.05) is 31.2 Å². The number of fused-ring (bicyclic) bond motifs is 1. The number of hydrogen-bond acceptors (Lipinski definition) is 5. The molecular formula is C25H29N5O3. The molecule has 2 aliphatic rings. The lowest BCUT2D eigenvalue weighted by Gasteiger charge is -2.31. The van der Waals surface area contributed by atoms with Gasteiger partial charge in [-0.05, 0) is 55.6 Å². The summed E-state index contributed by atoms with van der Waals surface area (Å²) in [6.45, 7) is 4.08. The van der Waals surface area contributed by atoms with Gasteiger partial charge in [-0.3, -0.25) is 14.8 Å². The minimum atomic E-state index is -0.510. The highest BCUT2D eigenvalue weighted by molar-refractivity contribution is 5.95. The second-order valence-corrected chi connectivity index (χ2v) is 9.42. The quantitative estimate of drug-likeness (QED) is 0.343. The molecule has 0 unspecified atom stereocenters. The lowest BCUT2D eigenvalue weighted by atomic mass is 9.92. The van der Waals surface area contributed by atoms with E-state index in [-0.39, 0.29) is 17.4 Å². The van der Waals surface area contributed by atoms with E-state index in [1.807, 2.05) is 36.4 Å². The van der Waals surface area contributed by atoms with Crippen LogP contribution in [0.1, 0.15) is 47.9 Å². The fourth-order valence-corrected chi connectivity index (χ4v) is 4.69. The molecule has 8 nitrogen and oxygen atoms in total. The third kappa shape index (κ3) is 4.24. The van der Waals surface area contributed by atoms with Crippen LogP contribution in [0.5, 0.6) is 0 Å². The third-order valence-corrected chi connectivity index (χ3v) is 7.00. The van der Waals surface area contributed by atoms with Gasteiger partial charge in [-0.15, -0.1) is 0 Å². The van der Waals surface area contributed by atoms with E-state index in [0.29, 0.717) is 31.6 Å². The maximum Gasteiger partial charge on any atom is 0.251 e. The van der Waals surface area contributed by atoms with Gasteiger partial charge in [0.05, 0.1) is 17.0 Å². The molecule has 5 rings (SSSR count). The van der Waals surface area contributed by atoms with Crippen LogP contribution in [0.3, 0.4) is 0 Å². The highest BCUT2D eigenvalue weighted by Gasteiger charge is 2.43. The molecule has 3 aromatic rings. The van der Waals surface area contributed by atoms with Gasteiger partial charge in [0.2, 0.25) is 5.91 Å². The molecule has 172 valence electrons. The van der Waals surface area contributed by atoms with Crippen molar-refractivity contribution in [1.29, 1.82) is 0 Å². The maximum atomic E-state index is 12.8. The number of benzene rings is 2. The van der Waals surface area contributed by atoms with Gasteiger partial charge < -0.3 is 15.2 Å². The maximum absolute atomic E-state index is 12.8. The number of imidazole rings is 1. The van der Waals surface area contributed by atoms with Crippen LogP contribution in [0.4, 0.5) is 0 Å². The highest BCUT2D eigenvalue weighted by atomic mass is 16.5. The molecule has 4 N–H and O–H groups in total. The Kier molecular flexibility index (Phi) is 5.64. The lowest BCUT2D eigenvalue weighted by molar-refractivity contribution is -0.134. The Labute approximate surface area is 192 Å². The molecule has 2 aromatic carbocycles. The number of amides is 2. The normalized spacial score (nSPS) is 21.5. The molecule has 0 spiro atoms. The standard InChI is InChI=1S/C25H29N5O3/c1-25(11-12-25)24-28-20-4-2-3-5-21(20)30(24)15-16-6-8-17(9-7-16)22(31)27-19-10-13-26-14-18(19)23(32)29-33/h2-9,18-19,26,33H,10-15H2,1H3,(H,27,31)(H,29,32)/t18-,19+/m0/s1. The molecule has 2 amide bonds. The molecule has 2 atom stereocenters. The number of aromatic nitrogens is 2. The van der Waals surface area contributed by atoms with Gasteiger partial charge in [0.15, 0.2) is 0 Å². The molecule has 1 saturated carbocycles. The topological polar surface area (TPSA) is 108 Å². The number of hydroxylamine groups is 1. The first-order chi connectivity index (χ1) is 16.0. The predicted molar refractivity (Wildman–Crippen MR) is 124 cm³/mol. The number of para-hydroxylation sites is 2. The smallest absolute Gasteiger partial charge is 0.251 e. The summed E-state index contributed by atoms with van der Waals surface area (Å²) in [6, 6.07) is 15.5. The van der Waals surface area contributed by atoms with Gasteiger partial charge in [0, 0.05) is 30.1 Å². The molecule has 2 heterocycles. The second kappa shape index (κ2) is 8.61. The van der Waals surface area contributed by atoms with Crippen LogP contribution >= 0.6 is 0 Å². The highest BCUT2D eigenvalue weighted by Crippen LogP contribution is 2.47. The predicted octanol–water partition coefficient (Wildman–Crippen LogP) is 2.35. The SMILES string of the molecule is CC1(c2nc3ccccc3n2Cc2ccc(C(=O)N[C@@H]3CCNC[C@@H]3C(=O)NO)cc2)CC1. The Morgan fingerprint density at radius 3 is 2.67 bits per heavy atom. The number of rotatable bonds is 6. The van der Waals surface area contributed by atoms with Gasteiger partial charge >= 0.3 is 0 Å². The van der Waals surface area contributed by atoms with Crippen LogP contribution in [0.25, 0.3) is 11.0 Å². The molecule has 0 bridgehead atoms. The summed E-state index contributed by atoms with van der Waals surface area (Å²) in [6.07, 6.45) is 2.93. The number of nitrogens with zero attached hydrogens (tertiary/aromatic N) is 2. The van der Waals surface area contributed by atoms with Gasteiger partial charge in [0.1, 0.15) is 5.82 Å². The molecule has 0 radical (unpaired) electrons. The Morgan fingerprint density at radius 2 is 1.94 bits per heavy atom. The summed E-state index contributed by atoms with van der Waals surface area (Å²) >= 11 is 0. The number of carbonyl (C=O) groups is 2. The molecule has 1 aromatic heterocycles. The van der Waals surface area contributed by atoms with Gasteiger partial charge in [-0.2, -0.15) is 0 Å². The summed E-state index contributed by atoms with van der Waals surface area (Å²) in [5.41, 5.74) is 5.63. The Morgan fingerprint density at radius 1 is 1.18 bits per heavy atom. The van der Waals surface area contributed by atoms with E-state index in [1.165, 1.54) is 0 Å². The minimum absolute atomic E-state index is 0.144. The van der Waals surface area contributed by atoms with E-state index in [1.54, 1.807) is 5.48 Å². The summed E-state index contributed by atoms with van der Waals surface area (Å²) in [4.78, 5) is 29.7. The van der Waals surface area contributed by atoms with Crippen molar-refractivity contribution in [3.8, 4) is 0 Å². The first kappa shape index (κ1) is 21.6. The van der Waals surface area contributed by atoms with Crippen LogP contribution < -0.4 is 16.1 Å². The molecule has 33 heavy (non-hydrogen) atoms. The van der Waals surface area contributed by atoms with Crippen molar-refractivity contribution >= 4 is 22.8 Å². The Hall–Kier alpha value is -3.23. The monoisotopic (exact) mass is 447 g/mol. The summed E-state index contributed by atoms with van der Waals surface area (Å²) in [5, 5.41) is 15.1. The molecule has 1 aliphatic heterocycles. The van der Waals surface area contributed by atoms with Crippen LogP contribution in [0.2, 0.25) is 0 Å². The van der Waals surface area contributed by atoms with Crippen LogP contribution in [0.15, 0.2) is 48.5 Å². The van der Waals surface area contributed by atoms with E-state index in [9.17, 15) is 9.59 Å². The largest absolute Gasteiger partial charge is 0.348 e. The Balaban J connectivity index is 1.32. The average Bonchev–Trinajstić information content (AvgIpc) is 3.49. The van der Waals surface area contributed by atoms with Crippen molar-refractivity contribution in [1.82, 2.24) is 25.7 Å². The number of nitrogens with one attached hydrogen (secondary N) is 3. The van der Waals surface area contributed by atoms with Crippen LogP contribution in [0, 0.1) is 5.92 Å². The van der Waals surface area contributed by atoms with E-state index in [2.05, 4.69) is 34.3 Å². The fourth-order valence-electron chi connectivity index (χ4n) is 4.69. The van der Waals surface area contributed by atoms with E-state index in [0.717, 1.165) is 35.3 Å². The number of piperidine rings is 1. The number of hydrogen-bond donors (Lipinski definition) is 4. The van der Waals surface area contributed by atoms with E-state index in [4.69, 9.17) is 10.2 Å². The molecular weight excluding hydrogens is 418 g/mol. The van der Waals surface area contributed by atoms with E-state index < -0.39 is 11.8 Å². The summed E-state index contributed by atoms with van der Waals surface area (Å²) < 4.78 is 2.30. The summed E-state index contributed by atoms with van der Waals surface area (Å²) in [5.74, 6) is -0.0904. The van der Waals surface area contributed by atoms with Crippen molar-refractivity contribution < 1.29 is 14.8 Å². The van der Waals surface area contributed by atoms with Gasteiger partial charge in [0.25, 0.3) is 5.91 Å². The molecule has 8 heteroatoms. The lowest BCUT2D eigenvalue weighted by Crippen LogP contribution is -2.54.